The molecule has 0 amide bonds. The number of carboxylic acids is 1. The van der Waals surface area contributed by atoms with E-state index in [1.165, 1.54) is 32.1 Å². The minimum absolute atomic E-state index is 0.106. The quantitative estimate of drug-likeness (QED) is 0.378. The van der Waals surface area contributed by atoms with Crippen LogP contribution in [0.25, 0.3) is 0 Å². The maximum absolute atomic E-state index is 13.7. The number of fused-ring (bicyclic) bond motifs is 5. The molecule has 40 heavy (non-hydrogen) atoms. The lowest BCUT2D eigenvalue weighted by molar-refractivity contribution is -0.227. The summed E-state index contributed by atoms with van der Waals surface area (Å²) < 4.78 is 12.4. The van der Waals surface area contributed by atoms with Gasteiger partial charge in [-0.05, 0) is 108 Å². The van der Waals surface area contributed by atoms with Crippen LogP contribution in [0.15, 0.2) is 11.8 Å². The van der Waals surface area contributed by atoms with Crippen molar-refractivity contribution >= 4 is 17.7 Å². The van der Waals surface area contributed by atoms with Gasteiger partial charge in [0.25, 0.3) is 0 Å². The highest BCUT2D eigenvalue weighted by Crippen LogP contribution is 2.77. The fourth-order valence-corrected chi connectivity index (χ4v) is 11.9. The number of esters is 1. The molecule has 1 saturated heterocycles. The SMILES string of the molecule is CC1(C)CCC23CC[C@@]4(C)C(CCC5[C@@]6(C)C=C(OC(=O)CCC(=O)O)C(=O)C(C)(C)C6CC[C@]54C)C2C1OC3. The van der Waals surface area contributed by atoms with Crippen molar-refractivity contribution in [2.24, 2.45) is 56.2 Å². The average molecular weight is 555 g/mol. The Morgan fingerprint density at radius 2 is 1.60 bits per heavy atom. The van der Waals surface area contributed by atoms with Crippen molar-refractivity contribution in [3.63, 3.8) is 0 Å². The van der Waals surface area contributed by atoms with Gasteiger partial charge in [-0.3, -0.25) is 14.4 Å². The van der Waals surface area contributed by atoms with E-state index in [0.717, 1.165) is 25.9 Å². The molecule has 5 fully saturated rings. The molecule has 2 bridgehead atoms. The van der Waals surface area contributed by atoms with Crippen LogP contribution in [0.1, 0.15) is 113 Å². The second-order valence-electron chi connectivity index (χ2n) is 16.6. The standard InChI is InChI=1S/C34H50O6/c1-29(2)14-16-34-17-15-32(6)20(26(34)28(29)39-19-34)8-9-23-31(5)18-21(40-25(37)11-10-24(35)36)27(38)30(3,4)22(31)12-13-33(23,32)7/h18,20,22-23,26,28H,8-17,19H2,1-7H3,(H,35,36)/t20?,22?,23?,26?,28?,31-,32-,33+,34?/m0/s1. The zero-order valence-corrected chi connectivity index (χ0v) is 25.7. The van der Waals surface area contributed by atoms with Crippen LogP contribution in [0.3, 0.4) is 0 Å². The number of allylic oxidation sites excluding steroid dienone is 2. The van der Waals surface area contributed by atoms with E-state index in [1.807, 2.05) is 19.9 Å². The molecular formula is C34H50O6. The van der Waals surface area contributed by atoms with Gasteiger partial charge >= 0.3 is 11.9 Å². The topological polar surface area (TPSA) is 89.9 Å². The van der Waals surface area contributed by atoms with Crippen molar-refractivity contribution in [3.05, 3.63) is 11.8 Å². The van der Waals surface area contributed by atoms with Gasteiger partial charge in [0, 0.05) is 5.41 Å². The van der Waals surface area contributed by atoms with Gasteiger partial charge in [-0.1, -0.05) is 48.5 Å². The number of carbonyl (C=O) groups excluding carboxylic acids is 2. The lowest BCUT2D eigenvalue weighted by atomic mass is 9.32. The normalized spacial score (nSPS) is 48.1. The summed E-state index contributed by atoms with van der Waals surface area (Å²) in [6, 6.07) is 0. The predicted molar refractivity (Wildman–Crippen MR) is 151 cm³/mol. The fraction of sp³-hybridized carbons (Fsp3) is 0.853. The van der Waals surface area contributed by atoms with Crippen molar-refractivity contribution in [2.75, 3.05) is 6.61 Å². The Hall–Kier alpha value is -1.69. The van der Waals surface area contributed by atoms with Gasteiger partial charge in [0.15, 0.2) is 5.76 Å². The van der Waals surface area contributed by atoms with E-state index in [0.29, 0.717) is 29.3 Å². The van der Waals surface area contributed by atoms with E-state index < -0.39 is 17.4 Å². The molecule has 9 atom stereocenters. The van der Waals surface area contributed by atoms with E-state index >= 15 is 0 Å². The highest BCUT2D eigenvalue weighted by Gasteiger charge is 2.72. The summed E-state index contributed by atoms with van der Waals surface area (Å²) in [5.41, 5.74) is -0.0605. The minimum atomic E-state index is -1.05. The minimum Gasteiger partial charge on any atom is -0.481 e. The van der Waals surface area contributed by atoms with Crippen LogP contribution in [-0.2, 0) is 23.9 Å². The Bertz CT molecular complexity index is 1170. The van der Waals surface area contributed by atoms with Crippen LogP contribution in [0.2, 0.25) is 0 Å². The molecule has 0 spiro atoms. The molecule has 1 heterocycles. The van der Waals surface area contributed by atoms with Gasteiger partial charge in [0.1, 0.15) is 0 Å². The van der Waals surface area contributed by atoms with Crippen molar-refractivity contribution < 1.29 is 29.0 Å². The number of hydrogen-bond donors (Lipinski definition) is 1. The number of carbonyl (C=O) groups is 3. The zero-order chi connectivity index (χ0) is 29.1. The number of ether oxygens (including phenoxy) is 2. The first kappa shape index (κ1) is 28.4. The van der Waals surface area contributed by atoms with Gasteiger partial charge in [-0.2, -0.15) is 0 Å². The molecule has 1 aliphatic heterocycles. The van der Waals surface area contributed by atoms with Crippen LogP contribution in [0.4, 0.5) is 0 Å². The molecule has 6 unspecified atom stereocenters. The first-order valence-electron chi connectivity index (χ1n) is 15.8. The van der Waals surface area contributed by atoms with Crippen molar-refractivity contribution in [3.8, 4) is 0 Å². The maximum atomic E-state index is 13.7. The summed E-state index contributed by atoms with van der Waals surface area (Å²) in [6.45, 7) is 17.3. The molecule has 222 valence electrons. The second kappa shape index (κ2) is 8.67. The molecule has 1 N–H and O–H groups in total. The summed E-state index contributed by atoms with van der Waals surface area (Å²) >= 11 is 0. The van der Waals surface area contributed by atoms with Gasteiger partial charge in [-0.25, -0.2) is 0 Å². The Labute approximate surface area is 240 Å². The highest BCUT2D eigenvalue weighted by atomic mass is 16.5. The number of ketones is 1. The lowest BCUT2D eigenvalue weighted by Gasteiger charge is -2.72. The molecule has 6 rings (SSSR count). The summed E-state index contributed by atoms with van der Waals surface area (Å²) in [6.07, 6.45) is 11.3. The first-order chi connectivity index (χ1) is 18.5. The van der Waals surface area contributed by atoms with E-state index in [2.05, 4.69) is 34.6 Å². The van der Waals surface area contributed by atoms with Crippen molar-refractivity contribution in [1.82, 2.24) is 0 Å². The van der Waals surface area contributed by atoms with Gasteiger partial charge in [-0.15, -0.1) is 0 Å². The van der Waals surface area contributed by atoms with Crippen LogP contribution in [-0.4, -0.2) is 35.5 Å². The molecule has 0 aromatic heterocycles. The molecule has 6 heteroatoms. The summed E-state index contributed by atoms with van der Waals surface area (Å²) in [4.78, 5) is 37.3. The van der Waals surface area contributed by atoms with Crippen LogP contribution in [0, 0.1) is 56.2 Å². The number of carboxylic acid groups (broad SMARTS) is 1. The predicted octanol–water partition coefficient (Wildman–Crippen LogP) is 6.96. The maximum Gasteiger partial charge on any atom is 0.311 e. The third-order valence-electron chi connectivity index (χ3n) is 14.2. The van der Waals surface area contributed by atoms with Gasteiger partial charge in [0.2, 0.25) is 5.78 Å². The van der Waals surface area contributed by atoms with E-state index in [9.17, 15) is 14.4 Å². The van der Waals surface area contributed by atoms with E-state index in [4.69, 9.17) is 14.6 Å². The Morgan fingerprint density at radius 1 is 0.900 bits per heavy atom. The molecular weight excluding hydrogens is 504 g/mol. The monoisotopic (exact) mass is 554 g/mol. The fourth-order valence-electron chi connectivity index (χ4n) is 11.9. The Balaban J connectivity index is 1.37. The van der Waals surface area contributed by atoms with Crippen molar-refractivity contribution in [1.29, 1.82) is 0 Å². The molecule has 0 radical (unpaired) electrons. The number of Topliss-reactive ketones (excluding diaryl/α,β-unsaturated/α-hetero) is 1. The lowest BCUT2D eigenvalue weighted by Crippen LogP contribution is -2.67. The van der Waals surface area contributed by atoms with E-state index in [1.54, 1.807) is 0 Å². The molecule has 0 aromatic rings. The third kappa shape index (κ3) is 3.59. The number of rotatable bonds is 4. The van der Waals surface area contributed by atoms with Crippen LogP contribution >= 0.6 is 0 Å². The highest BCUT2D eigenvalue weighted by molar-refractivity contribution is 6.01. The largest absolute Gasteiger partial charge is 0.481 e. The van der Waals surface area contributed by atoms with Crippen LogP contribution < -0.4 is 0 Å². The zero-order valence-electron chi connectivity index (χ0n) is 25.7. The first-order valence-corrected chi connectivity index (χ1v) is 15.8. The summed E-state index contributed by atoms with van der Waals surface area (Å²) in [7, 11) is 0. The summed E-state index contributed by atoms with van der Waals surface area (Å²) in [5.74, 6) is 0.158. The number of hydrogen-bond acceptors (Lipinski definition) is 5. The number of aliphatic carboxylic acids is 1. The van der Waals surface area contributed by atoms with Crippen LogP contribution in [0.5, 0.6) is 0 Å². The third-order valence-corrected chi connectivity index (χ3v) is 14.2. The second-order valence-corrected chi connectivity index (χ2v) is 16.6. The molecule has 0 aromatic carbocycles. The summed E-state index contributed by atoms with van der Waals surface area (Å²) in [5, 5.41) is 9.02. The molecule has 5 aliphatic carbocycles. The van der Waals surface area contributed by atoms with E-state index in [-0.39, 0.29) is 52.0 Å². The molecule has 6 nitrogen and oxygen atoms in total. The Morgan fingerprint density at radius 3 is 2.30 bits per heavy atom. The average Bonchev–Trinajstić information content (AvgIpc) is 3.20. The molecule has 4 saturated carbocycles. The molecule has 6 aliphatic rings. The van der Waals surface area contributed by atoms with Gasteiger partial charge in [0.05, 0.1) is 25.6 Å². The van der Waals surface area contributed by atoms with Gasteiger partial charge < -0.3 is 14.6 Å². The van der Waals surface area contributed by atoms with Crippen molar-refractivity contribution in [2.45, 2.75) is 119 Å². The smallest absolute Gasteiger partial charge is 0.311 e. The Kier molecular flexibility index (Phi) is 6.16.